The van der Waals surface area contributed by atoms with Gasteiger partial charge in [-0.05, 0) is 33.9 Å². The van der Waals surface area contributed by atoms with E-state index in [9.17, 15) is 18.3 Å². The first kappa shape index (κ1) is 18.3. The zero-order chi connectivity index (χ0) is 16.3. The number of sulfonamides is 1. The molecule has 7 nitrogen and oxygen atoms in total. The summed E-state index contributed by atoms with van der Waals surface area (Å²) in [5.41, 5.74) is -1.01. The molecule has 2 unspecified atom stereocenters. The minimum absolute atomic E-state index is 0.152. The number of likely N-dealkylation sites (N-methyl/N-ethyl adjacent to an activating group) is 1. The molecule has 0 aromatic carbocycles. The average Bonchev–Trinajstić information content (AvgIpc) is 2.33. The van der Waals surface area contributed by atoms with Crippen molar-refractivity contribution in [2.75, 3.05) is 46.5 Å². The Labute approximate surface area is 127 Å². The summed E-state index contributed by atoms with van der Waals surface area (Å²) in [5, 5.41) is 12.9. The van der Waals surface area contributed by atoms with Gasteiger partial charge in [0.1, 0.15) is 0 Å². The summed E-state index contributed by atoms with van der Waals surface area (Å²) in [6.07, 6.45) is 2.52. The van der Waals surface area contributed by atoms with Crippen molar-refractivity contribution >= 4 is 15.9 Å². The fraction of sp³-hybridized carbons (Fsp3) is 0.923. The maximum absolute atomic E-state index is 12.1. The summed E-state index contributed by atoms with van der Waals surface area (Å²) in [4.78, 5) is 14.0. The number of amides is 1. The van der Waals surface area contributed by atoms with Gasteiger partial charge in [0, 0.05) is 26.2 Å². The highest BCUT2D eigenvalue weighted by atomic mass is 32.2. The molecule has 0 aromatic heterocycles. The second kappa shape index (κ2) is 7.04. The number of hydrogen-bond acceptors (Lipinski definition) is 5. The fourth-order valence-electron chi connectivity index (χ4n) is 2.62. The minimum Gasteiger partial charge on any atom is -0.387 e. The molecule has 1 heterocycles. The van der Waals surface area contributed by atoms with Crippen LogP contribution in [-0.2, 0) is 14.8 Å². The first-order valence-electron chi connectivity index (χ1n) is 7.11. The van der Waals surface area contributed by atoms with E-state index in [0.29, 0.717) is 25.9 Å². The molecule has 1 saturated heterocycles. The van der Waals surface area contributed by atoms with Gasteiger partial charge in [-0.3, -0.25) is 4.79 Å². The molecular formula is C13H27N3O4S. The molecular weight excluding hydrogens is 294 g/mol. The molecule has 21 heavy (non-hydrogen) atoms. The largest absolute Gasteiger partial charge is 0.387 e. The van der Waals surface area contributed by atoms with E-state index in [2.05, 4.69) is 5.32 Å². The number of carbonyl (C=O) groups is 1. The van der Waals surface area contributed by atoms with Crippen LogP contribution >= 0.6 is 0 Å². The highest BCUT2D eigenvalue weighted by molar-refractivity contribution is 7.88. The van der Waals surface area contributed by atoms with E-state index in [4.69, 9.17) is 0 Å². The summed E-state index contributed by atoms with van der Waals surface area (Å²) in [6, 6.07) is 0. The Hall–Kier alpha value is -0.700. The number of rotatable bonds is 6. The Kier molecular flexibility index (Phi) is 6.15. The second-order valence-corrected chi connectivity index (χ2v) is 8.40. The normalized spacial score (nSPS) is 23.8. The quantitative estimate of drug-likeness (QED) is 0.661. The number of carbonyl (C=O) groups excluding carboxylic acids is 1. The van der Waals surface area contributed by atoms with E-state index in [1.165, 1.54) is 4.31 Å². The van der Waals surface area contributed by atoms with Crippen LogP contribution in [0.25, 0.3) is 0 Å². The van der Waals surface area contributed by atoms with Crippen LogP contribution in [0.2, 0.25) is 0 Å². The first-order valence-corrected chi connectivity index (χ1v) is 8.96. The molecule has 1 amide bonds. The number of nitrogens with zero attached hydrogens (tertiary/aromatic N) is 2. The van der Waals surface area contributed by atoms with Crippen molar-refractivity contribution < 1.29 is 18.3 Å². The highest BCUT2D eigenvalue weighted by Gasteiger charge is 2.31. The van der Waals surface area contributed by atoms with Crippen molar-refractivity contribution in [1.29, 1.82) is 0 Å². The SMILES string of the molecule is CN(C)CC(C)(O)CNC(=O)C1CCCN(S(C)(=O)=O)C1. The van der Waals surface area contributed by atoms with Gasteiger partial charge in [0.2, 0.25) is 15.9 Å². The Balaban J connectivity index is 2.52. The molecule has 0 radical (unpaired) electrons. The molecule has 1 rings (SSSR count). The van der Waals surface area contributed by atoms with Gasteiger partial charge in [0.15, 0.2) is 0 Å². The predicted octanol–water partition coefficient (Wildman–Crippen LogP) is -0.913. The topological polar surface area (TPSA) is 89.9 Å². The van der Waals surface area contributed by atoms with Crippen LogP contribution in [0.5, 0.6) is 0 Å². The van der Waals surface area contributed by atoms with Crippen LogP contribution in [0.1, 0.15) is 19.8 Å². The third-order valence-corrected chi connectivity index (χ3v) is 4.79. The summed E-state index contributed by atoms with van der Waals surface area (Å²) >= 11 is 0. The van der Waals surface area contributed by atoms with Gasteiger partial charge in [-0.1, -0.05) is 0 Å². The van der Waals surface area contributed by atoms with Crippen molar-refractivity contribution in [1.82, 2.24) is 14.5 Å². The molecule has 0 bridgehead atoms. The van der Waals surface area contributed by atoms with Crippen LogP contribution in [0.4, 0.5) is 0 Å². The van der Waals surface area contributed by atoms with Crippen LogP contribution < -0.4 is 5.32 Å². The van der Waals surface area contributed by atoms with E-state index >= 15 is 0 Å². The van der Waals surface area contributed by atoms with Crippen LogP contribution in [0.15, 0.2) is 0 Å². The smallest absolute Gasteiger partial charge is 0.224 e. The van der Waals surface area contributed by atoms with Gasteiger partial charge in [0.25, 0.3) is 0 Å². The average molecular weight is 321 g/mol. The second-order valence-electron chi connectivity index (χ2n) is 6.41. The fourth-order valence-corrected chi connectivity index (χ4v) is 3.53. The maximum atomic E-state index is 12.1. The Morgan fingerprint density at radius 2 is 2.10 bits per heavy atom. The van der Waals surface area contributed by atoms with Gasteiger partial charge in [-0.2, -0.15) is 0 Å². The lowest BCUT2D eigenvalue weighted by Gasteiger charge is -2.32. The summed E-state index contributed by atoms with van der Waals surface area (Å²) in [6.45, 7) is 2.95. The van der Waals surface area contributed by atoms with E-state index in [1.54, 1.807) is 6.92 Å². The standard InChI is InChI=1S/C13H27N3O4S/c1-13(18,10-15(2)3)9-14-12(17)11-6-5-7-16(8-11)21(4,19)20/h11,18H,5-10H2,1-4H3,(H,14,17). The van der Waals surface area contributed by atoms with Gasteiger partial charge in [0.05, 0.1) is 17.8 Å². The molecule has 1 fully saturated rings. The first-order chi connectivity index (χ1) is 9.51. The molecule has 8 heteroatoms. The minimum atomic E-state index is -3.25. The molecule has 1 aliphatic heterocycles. The molecule has 0 aliphatic carbocycles. The molecule has 2 atom stereocenters. The van der Waals surface area contributed by atoms with E-state index < -0.39 is 15.6 Å². The van der Waals surface area contributed by atoms with Crippen molar-refractivity contribution in [3.8, 4) is 0 Å². The lowest BCUT2D eigenvalue weighted by atomic mass is 9.98. The number of nitrogens with one attached hydrogen (secondary N) is 1. The summed E-state index contributed by atoms with van der Waals surface area (Å²) < 4.78 is 24.4. The monoisotopic (exact) mass is 321 g/mol. The highest BCUT2D eigenvalue weighted by Crippen LogP contribution is 2.19. The van der Waals surface area contributed by atoms with Crippen LogP contribution in [-0.4, -0.2) is 80.8 Å². The van der Waals surface area contributed by atoms with Crippen molar-refractivity contribution in [2.45, 2.75) is 25.4 Å². The zero-order valence-corrected chi connectivity index (χ0v) is 14.1. The van der Waals surface area contributed by atoms with E-state index in [-0.39, 0.29) is 24.9 Å². The Bertz CT molecular complexity index is 462. The van der Waals surface area contributed by atoms with E-state index in [1.807, 2.05) is 19.0 Å². The van der Waals surface area contributed by atoms with Crippen LogP contribution in [0, 0.1) is 5.92 Å². The maximum Gasteiger partial charge on any atom is 0.224 e. The number of piperidine rings is 1. The Morgan fingerprint density at radius 3 is 2.62 bits per heavy atom. The third kappa shape index (κ3) is 6.29. The van der Waals surface area contributed by atoms with E-state index in [0.717, 1.165) is 6.26 Å². The molecule has 1 aliphatic rings. The van der Waals surface area contributed by atoms with Crippen molar-refractivity contribution in [3.05, 3.63) is 0 Å². The Morgan fingerprint density at radius 1 is 1.48 bits per heavy atom. The van der Waals surface area contributed by atoms with Crippen molar-refractivity contribution in [2.24, 2.45) is 5.92 Å². The predicted molar refractivity (Wildman–Crippen MR) is 81.3 cm³/mol. The zero-order valence-electron chi connectivity index (χ0n) is 13.3. The van der Waals surface area contributed by atoms with Gasteiger partial charge in [-0.25, -0.2) is 12.7 Å². The molecule has 0 aromatic rings. The number of aliphatic hydroxyl groups is 1. The van der Waals surface area contributed by atoms with Crippen LogP contribution in [0.3, 0.4) is 0 Å². The molecule has 0 saturated carbocycles. The third-order valence-electron chi connectivity index (χ3n) is 3.52. The lowest BCUT2D eigenvalue weighted by Crippen LogP contribution is -2.50. The number of hydrogen-bond donors (Lipinski definition) is 2. The van der Waals surface area contributed by atoms with Gasteiger partial charge < -0.3 is 15.3 Å². The van der Waals surface area contributed by atoms with Crippen molar-refractivity contribution in [3.63, 3.8) is 0 Å². The molecule has 124 valence electrons. The summed E-state index contributed by atoms with van der Waals surface area (Å²) in [5.74, 6) is -0.536. The molecule has 0 spiro atoms. The van der Waals surface area contributed by atoms with Gasteiger partial charge in [-0.15, -0.1) is 0 Å². The lowest BCUT2D eigenvalue weighted by molar-refractivity contribution is -0.127. The van der Waals surface area contributed by atoms with Gasteiger partial charge >= 0.3 is 0 Å². The molecule has 2 N–H and O–H groups in total. The summed E-state index contributed by atoms with van der Waals surface area (Å²) in [7, 11) is 0.443.